The molecule has 1 fully saturated rings. The van der Waals surface area contributed by atoms with Crippen LogP contribution in [0.3, 0.4) is 0 Å². The van der Waals surface area contributed by atoms with Crippen LogP contribution in [-0.4, -0.2) is 18.4 Å². The van der Waals surface area contributed by atoms with Gasteiger partial charge in [0.1, 0.15) is 5.54 Å². The predicted molar refractivity (Wildman–Crippen MR) is 81.6 cm³/mol. The molecular formula is C16H23N3O. The molecule has 4 heteroatoms. The molecule has 1 unspecified atom stereocenters. The summed E-state index contributed by atoms with van der Waals surface area (Å²) in [6, 6.07) is 8.26. The van der Waals surface area contributed by atoms with Crippen LogP contribution < -0.4 is 10.6 Å². The zero-order valence-electron chi connectivity index (χ0n) is 12.7. The topological polar surface area (TPSA) is 53.5 Å². The van der Waals surface area contributed by atoms with E-state index in [0.29, 0.717) is 18.4 Å². The molecular weight excluding hydrogens is 250 g/mol. The van der Waals surface area contributed by atoms with Crippen LogP contribution in [0.1, 0.15) is 38.8 Å². The number of benzene rings is 1. The summed E-state index contributed by atoms with van der Waals surface area (Å²) in [5, 5.41) is 5.97. The molecule has 1 aromatic carbocycles. The molecule has 0 aliphatic carbocycles. The fourth-order valence-electron chi connectivity index (χ4n) is 2.44. The number of nitrogens with zero attached hydrogens (tertiary/aromatic N) is 1. The van der Waals surface area contributed by atoms with Crippen molar-refractivity contribution in [1.82, 2.24) is 10.6 Å². The van der Waals surface area contributed by atoms with Crippen molar-refractivity contribution >= 4 is 11.9 Å². The molecule has 1 atom stereocenters. The first-order valence-corrected chi connectivity index (χ1v) is 7.19. The second kappa shape index (κ2) is 5.65. The monoisotopic (exact) mass is 273 g/mol. The number of hydrogen-bond donors (Lipinski definition) is 2. The Balaban J connectivity index is 2.22. The normalized spacial score (nSPS) is 24.1. The van der Waals surface area contributed by atoms with Gasteiger partial charge in [-0.05, 0) is 37.3 Å². The molecule has 0 spiro atoms. The van der Waals surface area contributed by atoms with Crippen LogP contribution in [0, 0.1) is 5.92 Å². The Labute approximate surface area is 120 Å². The van der Waals surface area contributed by atoms with Gasteiger partial charge in [0.05, 0.1) is 0 Å². The van der Waals surface area contributed by atoms with Crippen LogP contribution in [0.15, 0.2) is 29.3 Å². The fourth-order valence-corrected chi connectivity index (χ4v) is 2.44. The maximum absolute atomic E-state index is 12.2. The van der Waals surface area contributed by atoms with Crippen LogP contribution in [0.4, 0.5) is 0 Å². The molecule has 4 nitrogen and oxygen atoms in total. The number of guanidine groups is 1. The molecule has 1 aliphatic rings. The predicted octanol–water partition coefficient (Wildman–Crippen LogP) is 2.20. The van der Waals surface area contributed by atoms with Crippen LogP contribution >= 0.6 is 0 Å². The number of amides is 1. The fraction of sp³-hybridized carbons (Fsp3) is 0.500. The van der Waals surface area contributed by atoms with E-state index in [0.717, 1.165) is 12.0 Å². The van der Waals surface area contributed by atoms with Crippen molar-refractivity contribution in [3.63, 3.8) is 0 Å². The first kappa shape index (κ1) is 14.6. The second-order valence-corrected chi connectivity index (χ2v) is 5.82. The Morgan fingerprint density at radius 1 is 1.25 bits per heavy atom. The highest BCUT2D eigenvalue weighted by molar-refractivity contribution is 6.09. The summed E-state index contributed by atoms with van der Waals surface area (Å²) < 4.78 is 0. The average Bonchev–Trinajstić information content (AvgIpc) is 2.66. The van der Waals surface area contributed by atoms with Gasteiger partial charge in [-0.25, -0.2) is 0 Å². The van der Waals surface area contributed by atoms with E-state index in [1.807, 2.05) is 26.0 Å². The minimum absolute atomic E-state index is 0.0543. The van der Waals surface area contributed by atoms with E-state index in [9.17, 15) is 4.79 Å². The zero-order chi connectivity index (χ0) is 14.8. The van der Waals surface area contributed by atoms with Crippen LogP contribution in [-0.2, 0) is 16.8 Å². The summed E-state index contributed by atoms with van der Waals surface area (Å²) in [5.74, 6) is 1.14. The first-order valence-electron chi connectivity index (χ1n) is 7.19. The summed E-state index contributed by atoms with van der Waals surface area (Å²) in [6.45, 7) is 8.88. The van der Waals surface area contributed by atoms with E-state index in [1.54, 1.807) is 0 Å². The first-order chi connectivity index (χ1) is 9.45. The van der Waals surface area contributed by atoms with Crippen LogP contribution in [0.2, 0.25) is 0 Å². The Hall–Kier alpha value is -1.84. The van der Waals surface area contributed by atoms with Crippen molar-refractivity contribution in [3.05, 3.63) is 35.4 Å². The minimum atomic E-state index is -0.732. The lowest BCUT2D eigenvalue weighted by Gasteiger charge is -2.22. The van der Waals surface area contributed by atoms with Crippen LogP contribution in [0.5, 0.6) is 0 Å². The minimum Gasteiger partial charge on any atom is -0.338 e. The molecule has 108 valence electrons. The van der Waals surface area contributed by atoms with E-state index in [-0.39, 0.29) is 5.91 Å². The van der Waals surface area contributed by atoms with Gasteiger partial charge in [-0.1, -0.05) is 38.1 Å². The third kappa shape index (κ3) is 2.84. The van der Waals surface area contributed by atoms with Gasteiger partial charge in [-0.3, -0.25) is 15.1 Å². The molecule has 0 radical (unpaired) electrons. The van der Waals surface area contributed by atoms with E-state index >= 15 is 0 Å². The SMILES string of the molecule is CCN=C1NC(=O)C(C)(c2ccc(CC(C)C)cc2)N1. The van der Waals surface area contributed by atoms with E-state index in [1.165, 1.54) is 5.56 Å². The van der Waals surface area contributed by atoms with Crippen molar-refractivity contribution in [1.29, 1.82) is 0 Å². The molecule has 0 aromatic heterocycles. The quantitative estimate of drug-likeness (QED) is 0.883. The maximum atomic E-state index is 12.2. The molecule has 20 heavy (non-hydrogen) atoms. The van der Waals surface area contributed by atoms with Gasteiger partial charge in [0.25, 0.3) is 5.91 Å². The number of carbonyl (C=O) groups is 1. The highest BCUT2D eigenvalue weighted by atomic mass is 16.2. The van der Waals surface area contributed by atoms with Crippen molar-refractivity contribution in [3.8, 4) is 0 Å². The third-order valence-corrected chi connectivity index (χ3v) is 3.55. The van der Waals surface area contributed by atoms with Gasteiger partial charge in [0.15, 0.2) is 5.96 Å². The molecule has 2 rings (SSSR count). The maximum Gasteiger partial charge on any atom is 0.256 e. The summed E-state index contributed by atoms with van der Waals surface area (Å²) >= 11 is 0. The second-order valence-electron chi connectivity index (χ2n) is 5.82. The van der Waals surface area contributed by atoms with Crippen molar-refractivity contribution in [2.75, 3.05) is 6.54 Å². The lowest BCUT2D eigenvalue weighted by Crippen LogP contribution is -2.40. The lowest BCUT2D eigenvalue weighted by atomic mass is 9.90. The Morgan fingerprint density at radius 3 is 2.45 bits per heavy atom. The van der Waals surface area contributed by atoms with Crippen LogP contribution in [0.25, 0.3) is 0 Å². The summed E-state index contributed by atoms with van der Waals surface area (Å²) in [5.41, 5.74) is 1.53. The van der Waals surface area contributed by atoms with E-state index in [4.69, 9.17) is 0 Å². The largest absolute Gasteiger partial charge is 0.338 e. The molecule has 1 aromatic rings. The Kier molecular flexibility index (Phi) is 4.12. The number of hydrogen-bond acceptors (Lipinski definition) is 2. The van der Waals surface area contributed by atoms with Gasteiger partial charge in [0, 0.05) is 6.54 Å². The van der Waals surface area contributed by atoms with Gasteiger partial charge < -0.3 is 5.32 Å². The number of nitrogens with one attached hydrogen (secondary N) is 2. The molecule has 1 heterocycles. The molecule has 1 aliphatic heterocycles. The lowest BCUT2D eigenvalue weighted by molar-refractivity contribution is -0.123. The van der Waals surface area contributed by atoms with E-state index < -0.39 is 5.54 Å². The van der Waals surface area contributed by atoms with Crippen molar-refractivity contribution in [2.45, 2.75) is 39.7 Å². The summed E-state index contributed by atoms with van der Waals surface area (Å²) in [4.78, 5) is 16.4. The number of aliphatic imine (C=N–C) groups is 1. The zero-order valence-corrected chi connectivity index (χ0v) is 12.7. The van der Waals surface area contributed by atoms with Gasteiger partial charge in [-0.2, -0.15) is 0 Å². The molecule has 0 saturated carbocycles. The number of carbonyl (C=O) groups excluding carboxylic acids is 1. The summed E-state index contributed by atoms with van der Waals surface area (Å²) in [7, 11) is 0. The van der Waals surface area contributed by atoms with E-state index in [2.05, 4.69) is 41.6 Å². The highest BCUT2D eigenvalue weighted by Crippen LogP contribution is 2.25. The van der Waals surface area contributed by atoms with Gasteiger partial charge in [-0.15, -0.1) is 0 Å². The van der Waals surface area contributed by atoms with Crippen molar-refractivity contribution < 1.29 is 4.79 Å². The molecule has 1 amide bonds. The molecule has 1 saturated heterocycles. The standard InChI is InChI=1S/C16H23N3O/c1-5-17-15-18-14(20)16(4,19-15)13-8-6-12(7-9-13)10-11(2)3/h6-9,11H,5,10H2,1-4H3,(H2,17,18,19,20). The number of rotatable bonds is 4. The van der Waals surface area contributed by atoms with Gasteiger partial charge in [0.2, 0.25) is 0 Å². The smallest absolute Gasteiger partial charge is 0.256 e. The van der Waals surface area contributed by atoms with Crippen molar-refractivity contribution in [2.24, 2.45) is 10.9 Å². The molecule has 0 bridgehead atoms. The Morgan fingerprint density at radius 2 is 1.90 bits per heavy atom. The molecule has 2 N–H and O–H groups in total. The third-order valence-electron chi connectivity index (χ3n) is 3.55. The van der Waals surface area contributed by atoms with Gasteiger partial charge >= 0.3 is 0 Å². The highest BCUT2D eigenvalue weighted by Gasteiger charge is 2.42. The average molecular weight is 273 g/mol. The summed E-state index contributed by atoms with van der Waals surface area (Å²) in [6.07, 6.45) is 1.05. The Bertz CT molecular complexity index is 519.